The molecule has 2 unspecified atom stereocenters. The molecule has 0 aliphatic heterocycles. The zero-order valence-electron chi connectivity index (χ0n) is 20.4. The van der Waals surface area contributed by atoms with Crippen LogP contribution in [0.5, 0.6) is 0 Å². The van der Waals surface area contributed by atoms with Crippen molar-refractivity contribution in [3.63, 3.8) is 0 Å². The molecule has 8 nitrogen and oxygen atoms in total. The van der Waals surface area contributed by atoms with Gasteiger partial charge in [0, 0.05) is 26.2 Å². The van der Waals surface area contributed by atoms with Gasteiger partial charge in [-0.05, 0) is 64.9 Å². The van der Waals surface area contributed by atoms with Crippen LogP contribution in [0.3, 0.4) is 0 Å². The topological polar surface area (TPSA) is 116 Å². The smallest absolute Gasteiger partial charge is 0.342 e. The van der Waals surface area contributed by atoms with Crippen LogP contribution in [0.2, 0.25) is 0 Å². The van der Waals surface area contributed by atoms with E-state index in [9.17, 15) is 24.3 Å². The number of rotatable bonds is 5. The van der Waals surface area contributed by atoms with Crippen LogP contribution in [0.4, 0.5) is 0 Å². The number of esters is 3. The predicted molar refractivity (Wildman–Crippen MR) is 115 cm³/mol. The minimum atomic E-state index is -2.09. The Hall–Kier alpha value is -2.22. The van der Waals surface area contributed by atoms with E-state index < -0.39 is 46.7 Å². The molecule has 8 heteroatoms. The van der Waals surface area contributed by atoms with Crippen LogP contribution in [-0.2, 0) is 33.4 Å². The summed E-state index contributed by atoms with van der Waals surface area (Å²) in [7, 11) is 0. The first-order valence-electron chi connectivity index (χ1n) is 11.0. The molecular weight excluding hydrogens is 416 g/mol. The van der Waals surface area contributed by atoms with Gasteiger partial charge in [-0.1, -0.05) is 12.5 Å². The number of fused-ring (bicyclic) bond motifs is 1. The first kappa shape index (κ1) is 26.0. The van der Waals surface area contributed by atoms with Gasteiger partial charge in [0.1, 0.15) is 17.8 Å². The maximum atomic E-state index is 12.9. The maximum Gasteiger partial charge on any atom is 0.342 e. The van der Waals surface area contributed by atoms with Crippen LogP contribution >= 0.6 is 0 Å². The number of carbonyl (C=O) groups excluding carboxylic acids is 4. The summed E-state index contributed by atoms with van der Waals surface area (Å²) < 4.78 is 16.5. The Kier molecular flexibility index (Phi) is 7.29. The number of ether oxygens (including phenoxy) is 3. The van der Waals surface area contributed by atoms with E-state index in [-0.39, 0.29) is 11.7 Å². The molecule has 0 spiro atoms. The standard InChI is InChI=1S/C24H36O8/c1-13(2)17-11-19-22(6,12-18(17)27)10-9-20(24(19,8)32-16(5)26)31-21(28)23(7,29)14(3)30-15(4)25/h14,19-20,29H,9-12H2,1-8H3/t14?,19-,20-,22-,23?,24+/m1/s1. The van der Waals surface area contributed by atoms with Crippen LogP contribution in [0.25, 0.3) is 0 Å². The molecule has 0 aromatic rings. The molecular formula is C24H36O8. The number of ketones is 1. The Morgan fingerprint density at radius 3 is 2.22 bits per heavy atom. The highest BCUT2D eigenvalue weighted by Crippen LogP contribution is 2.56. The molecule has 2 saturated carbocycles. The van der Waals surface area contributed by atoms with E-state index in [4.69, 9.17) is 14.2 Å². The molecule has 2 fully saturated rings. The van der Waals surface area contributed by atoms with Crippen LogP contribution < -0.4 is 0 Å². The van der Waals surface area contributed by atoms with Crippen molar-refractivity contribution in [3.8, 4) is 0 Å². The lowest BCUT2D eigenvalue weighted by Crippen LogP contribution is -2.62. The first-order chi connectivity index (χ1) is 14.5. The Bertz CT molecular complexity index is 837. The third kappa shape index (κ3) is 4.90. The summed E-state index contributed by atoms with van der Waals surface area (Å²) in [5.74, 6) is -2.28. The zero-order chi connectivity index (χ0) is 24.6. The highest BCUT2D eigenvalue weighted by atomic mass is 16.6. The fraction of sp³-hybridized carbons (Fsp3) is 0.750. The summed E-state index contributed by atoms with van der Waals surface area (Å²) in [5.41, 5.74) is -2.07. The van der Waals surface area contributed by atoms with Crippen molar-refractivity contribution in [2.45, 2.75) is 104 Å². The van der Waals surface area contributed by atoms with Crippen molar-refractivity contribution in [2.24, 2.45) is 11.3 Å². The second kappa shape index (κ2) is 8.96. The highest BCUT2D eigenvalue weighted by Gasteiger charge is 2.60. The molecule has 0 heterocycles. The molecule has 0 radical (unpaired) electrons. The number of Topliss-reactive ketones (excluding diaryl/α,β-unsaturated/α-hetero) is 1. The molecule has 0 aromatic heterocycles. The monoisotopic (exact) mass is 452 g/mol. The Labute approximate surface area is 189 Å². The van der Waals surface area contributed by atoms with Gasteiger partial charge in [-0.2, -0.15) is 0 Å². The summed E-state index contributed by atoms with van der Waals surface area (Å²) in [6.45, 7) is 12.6. The quantitative estimate of drug-likeness (QED) is 0.384. The SMILES string of the molecule is CC(=O)OC(C)C(C)(O)C(=O)O[C@@H]1CC[C@]2(C)CC(=O)C(=C(C)C)C[C@H]2[C@]1(C)OC(C)=O. The zero-order valence-corrected chi connectivity index (χ0v) is 20.4. The van der Waals surface area contributed by atoms with E-state index in [1.54, 1.807) is 6.92 Å². The van der Waals surface area contributed by atoms with Crippen molar-refractivity contribution in [1.82, 2.24) is 0 Å². The summed E-state index contributed by atoms with van der Waals surface area (Å²) in [6.07, 6.45) is -0.272. The van der Waals surface area contributed by atoms with Gasteiger partial charge in [0.2, 0.25) is 0 Å². The van der Waals surface area contributed by atoms with Gasteiger partial charge in [0.15, 0.2) is 11.4 Å². The maximum absolute atomic E-state index is 12.9. The first-order valence-corrected chi connectivity index (χ1v) is 11.0. The molecule has 180 valence electrons. The van der Waals surface area contributed by atoms with Gasteiger partial charge in [-0.25, -0.2) is 4.79 Å². The van der Waals surface area contributed by atoms with Gasteiger partial charge in [-0.3, -0.25) is 14.4 Å². The number of carbonyl (C=O) groups is 4. The summed E-state index contributed by atoms with van der Waals surface area (Å²) in [4.78, 5) is 49.0. The lowest BCUT2D eigenvalue weighted by molar-refractivity contribution is -0.228. The molecule has 0 aromatic carbocycles. The van der Waals surface area contributed by atoms with Gasteiger partial charge in [0.25, 0.3) is 0 Å². The molecule has 6 atom stereocenters. The molecule has 32 heavy (non-hydrogen) atoms. The summed E-state index contributed by atoms with van der Waals surface area (Å²) >= 11 is 0. The molecule has 2 rings (SSSR count). The Morgan fingerprint density at radius 1 is 1.12 bits per heavy atom. The van der Waals surface area contributed by atoms with Gasteiger partial charge < -0.3 is 19.3 Å². The van der Waals surface area contributed by atoms with Crippen LogP contribution in [0.15, 0.2) is 11.1 Å². The van der Waals surface area contributed by atoms with Crippen molar-refractivity contribution in [2.75, 3.05) is 0 Å². The number of allylic oxidation sites excluding steroid dienone is 2. The fourth-order valence-corrected chi connectivity index (χ4v) is 5.17. The van der Waals surface area contributed by atoms with Crippen molar-refractivity contribution in [3.05, 3.63) is 11.1 Å². The fourth-order valence-electron chi connectivity index (χ4n) is 5.17. The van der Waals surface area contributed by atoms with Crippen molar-refractivity contribution >= 4 is 23.7 Å². The van der Waals surface area contributed by atoms with Crippen molar-refractivity contribution < 1.29 is 38.5 Å². The molecule has 1 N–H and O–H groups in total. The molecule has 0 saturated heterocycles. The van der Waals surface area contributed by atoms with Crippen LogP contribution in [0, 0.1) is 11.3 Å². The number of hydrogen-bond acceptors (Lipinski definition) is 8. The lowest BCUT2D eigenvalue weighted by atomic mass is 9.53. The molecule has 2 aliphatic carbocycles. The van der Waals surface area contributed by atoms with E-state index >= 15 is 0 Å². The second-order valence-electron chi connectivity index (χ2n) is 10.1. The lowest BCUT2D eigenvalue weighted by Gasteiger charge is -2.56. The van der Waals surface area contributed by atoms with Gasteiger partial charge in [-0.15, -0.1) is 0 Å². The third-order valence-corrected chi connectivity index (χ3v) is 7.22. The summed E-state index contributed by atoms with van der Waals surface area (Å²) in [5, 5.41) is 10.7. The second-order valence-corrected chi connectivity index (χ2v) is 10.1. The Balaban J connectivity index is 2.41. The van der Waals surface area contributed by atoms with E-state index in [0.29, 0.717) is 31.3 Å². The molecule has 2 aliphatic rings. The normalized spacial score (nSPS) is 32.8. The van der Waals surface area contributed by atoms with Gasteiger partial charge >= 0.3 is 17.9 Å². The van der Waals surface area contributed by atoms with E-state index in [1.807, 2.05) is 20.8 Å². The predicted octanol–water partition coefficient (Wildman–Crippen LogP) is 3.04. The van der Waals surface area contributed by atoms with Crippen LogP contribution in [0.1, 0.15) is 81.1 Å². The molecule has 0 amide bonds. The minimum absolute atomic E-state index is 0.0995. The van der Waals surface area contributed by atoms with Crippen molar-refractivity contribution in [1.29, 1.82) is 0 Å². The Morgan fingerprint density at radius 2 is 1.72 bits per heavy atom. The molecule has 0 bridgehead atoms. The van der Waals surface area contributed by atoms with E-state index in [1.165, 1.54) is 27.7 Å². The average molecular weight is 453 g/mol. The minimum Gasteiger partial charge on any atom is -0.459 e. The largest absolute Gasteiger partial charge is 0.459 e. The summed E-state index contributed by atoms with van der Waals surface area (Å²) in [6, 6.07) is 0. The van der Waals surface area contributed by atoms with Crippen LogP contribution in [-0.4, -0.2) is 52.2 Å². The number of hydrogen-bond donors (Lipinski definition) is 1. The highest BCUT2D eigenvalue weighted by molar-refractivity contribution is 5.97. The third-order valence-electron chi connectivity index (χ3n) is 7.22. The number of aliphatic hydroxyl groups is 1. The van der Waals surface area contributed by atoms with E-state index in [2.05, 4.69) is 0 Å². The average Bonchev–Trinajstić information content (AvgIpc) is 2.62. The van der Waals surface area contributed by atoms with Gasteiger partial charge in [0.05, 0.1) is 0 Å². The van der Waals surface area contributed by atoms with E-state index in [0.717, 1.165) is 5.57 Å².